The van der Waals surface area contributed by atoms with Crippen molar-refractivity contribution in [3.8, 4) is 11.5 Å². The van der Waals surface area contributed by atoms with E-state index in [0.717, 1.165) is 24.6 Å². The van der Waals surface area contributed by atoms with Crippen LogP contribution in [0.1, 0.15) is 23.0 Å². The second-order valence-corrected chi connectivity index (χ2v) is 5.54. The Morgan fingerprint density at radius 2 is 1.75 bits per heavy atom. The van der Waals surface area contributed by atoms with E-state index in [1.54, 1.807) is 0 Å². The number of ether oxygens (including phenoxy) is 1. The van der Waals surface area contributed by atoms with Gasteiger partial charge in [0.25, 0.3) is 0 Å². The van der Waals surface area contributed by atoms with Crippen LogP contribution < -0.4 is 4.74 Å². The Bertz CT molecular complexity index is 574. The number of benzene rings is 2. The van der Waals surface area contributed by atoms with E-state index in [0.29, 0.717) is 11.8 Å². The van der Waals surface area contributed by atoms with Crippen molar-refractivity contribution in [2.24, 2.45) is 0 Å². The molecule has 2 nitrogen and oxygen atoms in total. The smallest absolute Gasteiger partial charge is 0.127 e. The average molecular weight is 339 g/mol. The van der Waals surface area contributed by atoms with Gasteiger partial charge >= 0.3 is 0 Å². The molecular formula is C17H16NOY-. The van der Waals surface area contributed by atoms with Crippen molar-refractivity contribution in [1.29, 1.82) is 0 Å². The summed E-state index contributed by atoms with van der Waals surface area (Å²) >= 11 is 0. The predicted molar refractivity (Wildman–Crippen MR) is 74.8 cm³/mol. The van der Waals surface area contributed by atoms with Crippen LogP contribution in [0.25, 0.3) is 0 Å². The molecule has 20 heavy (non-hydrogen) atoms. The van der Waals surface area contributed by atoms with Gasteiger partial charge in [-0.3, -0.25) is 0 Å². The maximum absolute atomic E-state index is 6.14. The van der Waals surface area contributed by atoms with Crippen LogP contribution in [0.15, 0.2) is 42.5 Å². The van der Waals surface area contributed by atoms with Crippen LogP contribution in [-0.4, -0.2) is 25.0 Å². The van der Waals surface area contributed by atoms with Crippen LogP contribution >= 0.6 is 0 Å². The number of para-hydroxylation sites is 1. The van der Waals surface area contributed by atoms with Crippen molar-refractivity contribution in [3.63, 3.8) is 0 Å². The van der Waals surface area contributed by atoms with Crippen molar-refractivity contribution < 1.29 is 37.4 Å². The molecule has 0 N–H and O–H groups in total. The quantitative estimate of drug-likeness (QED) is 0.682. The molecule has 0 bridgehead atoms. The zero-order valence-electron chi connectivity index (χ0n) is 11.5. The molecule has 0 unspecified atom stereocenters. The van der Waals surface area contributed by atoms with Crippen molar-refractivity contribution in [2.45, 2.75) is 11.8 Å². The van der Waals surface area contributed by atoms with Gasteiger partial charge in [-0.15, -0.1) is 11.6 Å². The van der Waals surface area contributed by atoms with Crippen LogP contribution in [0.2, 0.25) is 0 Å². The predicted octanol–water partition coefficient (Wildman–Crippen LogP) is 3.40. The summed E-state index contributed by atoms with van der Waals surface area (Å²) in [7, 11) is 2.20. The first-order valence-electron chi connectivity index (χ1n) is 6.78. The molecule has 0 aromatic heterocycles. The maximum atomic E-state index is 6.14. The fraction of sp³-hybridized carbons (Fsp3) is 0.294. The zero-order chi connectivity index (χ0) is 12.8. The number of hydrogen-bond acceptors (Lipinski definition) is 2. The van der Waals surface area contributed by atoms with Crippen LogP contribution in [-0.2, 0) is 32.7 Å². The molecule has 99 valence electrons. The van der Waals surface area contributed by atoms with Crippen molar-refractivity contribution in [1.82, 2.24) is 4.90 Å². The fourth-order valence-corrected chi connectivity index (χ4v) is 3.44. The van der Waals surface area contributed by atoms with Crippen LogP contribution in [0.4, 0.5) is 0 Å². The van der Waals surface area contributed by atoms with Gasteiger partial charge < -0.3 is 9.64 Å². The molecule has 1 saturated heterocycles. The third-order valence-electron chi connectivity index (χ3n) is 4.29. The minimum atomic E-state index is 0. The molecule has 0 aliphatic carbocycles. The second-order valence-electron chi connectivity index (χ2n) is 5.54. The van der Waals surface area contributed by atoms with Crippen LogP contribution in [0.3, 0.4) is 0 Å². The van der Waals surface area contributed by atoms with Gasteiger partial charge in [-0.25, -0.2) is 0 Å². The Morgan fingerprint density at radius 3 is 2.60 bits per heavy atom. The molecule has 2 atom stereocenters. The SMILES string of the molecule is CN1C[C@@H]2c3c[c-]ccc3Oc3ccccc3[C@H]2C1.[Y]. The Morgan fingerprint density at radius 1 is 1.05 bits per heavy atom. The fourth-order valence-electron chi connectivity index (χ4n) is 3.44. The molecule has 2 heterocycles. The Balaban J connectivity index is 0.00000121. The molecule has 2 aromatic carbocycles. The number of hydrogen-bond donors (Lipinski definition) is 0. The van der Waals surface area contributed by atoms with Crippen LogP contribution in [0, 0.1) is 6.07 Å². The monoisotopic (exact) mass is 339 g/mol. The van der Waals surface area contributed by atoms with E-state index < -0.39 is 0 Å². The molecule has 0 saturated carbocycles. The summed E-state index contributed by atoms with van der Waals surface area (Å²) in [6.45, 7) is 2.19. The topological polar surface area (TPSA) is 12.5 Å². The summed E-state index contributed by atoms with van der Waals surface area (Å²) < 4.78 is 6.14. The number of likely N-dealkylation sites (tertiary alicyclic amines) is 1. The van der Waals surface area contributed by atoms with Crippen molar-refractivity contribution >= 4 is 0 Å². The van der Waals surface area contributed by atoms with E-state index in [4.69, 9.17) is 4.74 Å². The van der Waals surface area contributed by atoms with Gasteiger partial charge in [0, 0.05) is 45.0 Å². The summed E-state index contributed by atoms with van der Waals surface area (Å²) in [6, 6.07) is 17.7. The van der Waals surface area contributed by atoms with Crippen molar-refractivity contribution in [3.05, 3.63) is 59.7 Å². The molecule has 1 fully saturated rings. The molecule has 2 aromatic rings. The Labute approximate surface area is 145 Å². The summed E-state index contributed by atoms with van der Waals surface area (Å²) in [5.41, 5.74) is 2.64. The first-order valence-corrected chi connectivity index (χ1v) is 6.78. The average Bonchev–Trinajstić information content (AvgIpc) is 2.76. The molecule has 2 aliphatic heterocycles. The molecule has 0 spiro atoms. The van der Waals surface area contributed by atoms with Gasteiger partial charge in [-0.05, 0) is 37.1 Å². The van der Waals surface area contributed by atoms with Gasteiger partial charge in [0.05, 0.1) is 0 Å². The summed E-state index contributed by atoms with van der Waals surface area (Å²) in [4.78, 5) is 2.41. The standard InChI is InChI=1S/C17H16NO.Y/c1-18-10-14-12-6-2-4-8-16(12)19-17-9-5-3-7-13(17)15(14)11-18;/h2,4-9,14-15H,10-11H2,1H3;/q-1;/t14-,15-;/m1./s1. The summed E-state index contributed by atoms with van der Waals surface area (Å²) in [5, 5.41) is 0. The van der Waals surface area contributed by atoms with E-state index in [9.17, 15) is 0 Å². The Kier molecular flexibility index (Phi) is 3.98. The normalized spacial score (nSPS) is 23.6. The maximum Gasteiger partial charge on any atom is 0.127 e. The minimum Gasteiger partial charge on any atom is -0.482 e. The number of likely N-dealkylation sites (N-methyl/N-ethyl adjacent to an activating group) is 1. The largest absolute Gasteiger partial charge is 0.482 e. The first kappa shape index (κ1) is 14.2. The van der Waals surface area contributed by atoms with Gasteiger partial charge in [-0.1, -0.05) is 18.2 Å². The molecule has 0 amide bonds. The van der Waals surface area contributed by atoms with E-state index in [2.05, 4.69) is 42.3 Å². The summed E-state index contributed by atoms with van der Waals surface area (Å²) in [5.74, 6) is 3.05. The Hall–Kier alpha value is -0.696. The number of rotatable bonds is 0. The van der Waals surface area contributed by atoms with E-state index in [-0.39, 0.29) is 32.7 Å². The van der Waals surface area contributed by atoms with Gasteiger partial charge in [0.1, 0.15) is 5.75 Å². The molecular weight excluding hydrogens is 323 g/mol. The third-order valence-corrected chi connectivity index (χ3v) is 4.29. The second kappa shape index (κ2) is 5.59. The zero-order valence-corrected chi connectivity index (χ0v) is 14.4. The third kappa shape index (κ3) is 2.24. The molecule has 3 heteroatoms. The number of fused-ring (bicyclic) bond motifs is 5. The molecule has 2 aliphatic rings. The van der Waals surface area contributed by atoms with E-state index in [1.807, 2.05) is 18.2 Å². The van der Waals surface area contributed by atoms with E-state index in [1.165, 1.54) is 11.1 Å². The number of nitrogens with zero attached hydrogens (tertiary/aromatic N) is 1. The minimum absolute atomic E-state index is 0. The van der Waals surface area contributed by atoms with Gasteiger partial charge in [0.15, 0.2) is 0 Å². The van der Waals surface area contributed by atoms with E-state index >= 15 is 0 Å². The first-order chi connectivity index (χ1) is 9.33. The van der Waals surface area contributed by atoms with Gasteiger partial charge in [0.2, 0.25) is 0 Å². The van der Waals surface area contributed by atoms with Gasteiger partial charge in [-0.2, -0.15) is 18.2 Å². The van der Waals surface area contributed by atoms with Crippen LogP contribution in [0.5, 0.6) is 11.5 Å². The molecule has 1 radical (unpaired) electrons. The molecule has 4 rings (SSSR count). The summed E-state index contributed by atoms with van der Waals surface area (Å²) in [6.07, 6.45) is 0. The van der Waals surface area contributed by atoms with Crippen molar-refractivity contribution in [2.75, 3.05) is 20.1 Å².